The van der Waals surface area contributed by atoms with Crippen molar-refractivity contribution in [1.29, 1.82) is 0 Å². The van der Waals surface area contributed by atoms with Crippen LogP contribution in [0.25, 0.3) is 0 Å². The number of rotatable bonds is 4. The highest BCUT2D eigenvalue weighted by atomic mass is 16.5. The first-order valence-corrected chi connectivity index (χ1v) is 8.51. The number of amides is 2. The Morgan fingerprint density at radius 3 is 2.57 bits per heavy atom. The molecule has 6 heteroatoms. The molecule has 1 aliphatic carbocycles. The van der Waals surface area contributed by atoms with Crippen LogP contribution in [0.2, 0.25) is 0 Å². The maximum atomic E-state index is 12.3. The Morgan fingerprint density at radius 1 is 1.26 bits per heavy atom. The van der Waals surface area contributed by atoms with Gasteiger partial charge in [-0.2, -0.15) is 0 Å². The van der Waals surface area contributed by atoms with Crippen molar-refractivity contribution in [2.24, 2.45) is 0 Å². The van der Waals surface area contributed by atoms with E-state index in [9.17, 15) is 4.79 Å². The summed E-state index contributed by atoms with van der Waals surface area (Å²) in [5.74, 6) is 0. The summed E-state index contributed by atoms with van der Waals surface area (Å²) in [4.78, 5) is 18.8. The van der Waals surface area contributed by atoms with Gasteiger partial charge in [0.15, 0.2) is 0 Å². The van der Waals surface area contributed by atoms with Crippen LogP contribution in [-0.2, 0) is 4.74 Å². The summed E-state index contributed by atoms with van der Waals surface area (Å²) in [7, 11) is 0. The number of carbonyl (C=O) groups excluding carboxylic acids is 1. The van der Waals surface area contributed by atoms with Gasteiger partial charge in [-0.1, -0.05) is 12.8 Å². The Hall–Kier alpha value is -1.66. The third kappa shape index (κ3) is 3.64. The molecular formula is C17H26N4O2. The van der Waals surface area contributed by atoms with Crippen molar-refractivity contribution < 1.29 is 9.53 Å². The fraction of sp³-hybridized carbons (Fsp3) is 0.647. The summed E-state index contributed by atoms with van der Waals surface area (Å²) in [5, 5.41) is 6.04. The number of anilines is 1. The number of nitrogens with zero attached hydrogens (tertiary/aromatic N) is 2. The van der Waals surface area contributed by atoms with Crippen LogP contribution < -0.4 is 10.6 Å². The number of carbonyl (C=O) groups is 1. The van der Waals surface area contributed by atoms with Crippen LogP contribution >= 0.6 is 0 Å². The van der Waals surface area contributed by atoms with Gasteiger partial charge >= 0.3 is 6.03 Å². The van der Waals surface area contributed by atoms with Crippen molar-refractivity contribution in [3.63, 3.8) is 0 Å². The predicted octanol–water partition coefficient (Wildman–Crippen LogP) is 2.24. The molecule has 1 aliphatic heterocycles. The van der Waals surface area contributed by atoms with E-state index in [1.807, 2.05) is 0 Å². The fourth-order valence-corrected chi connectivity index (χ4v) is 3.95. The van der Waals surface area contributed by atoms with E-state index >= 15 is 0 Å². The molecule has 2 N–H and O–H groups in total. The molecule has 0 bridgehead atoms. The van der Waals surface area contributed by atoms with Crippen molar-refractivity contribution in [1.82, 2.24) is 15.2 Å². The van der Waals surface area contributed by atoms with Gasteiger partial charge in [0.25, 0.3) is 0 Å². The zero-order chi connectivity index (χ0) is 16.1. The Labute approximate surface area is 137 Å². The van der Waals surface area contributed by atoms with Gasteiger partial charge < -0.3 is 15.4 Å². The topological polar surface area (TPSA) is 66.5 Å². The number of hydrogen-bond donors (Lipinski definition) is 2. The molecule has 2 amide bonds. The molecule has 0 aromatic carbocycles. The molecular weight excluding hydrogens is 292 g/mol. The van der Waals surface area contributed by atoms with Gasteiger partial charge in [-0.05, 0) is 31.9 Å². The van der Waals surface area contributed by atoms with E-state index in [-0.39, 0.29) is 17.6 Å². The molecule has 2 aliphatic rings. The second-order valence-electron chi connectivity index (χ2n) is 6.47. The van der Waals surface area contributed by atoms with E-state index in [0.29, 0.717) is 0 Å². The first-order chi connectivity index (χ1) is 11.2. The molecule has 2 fully saturated rings. The Balaban J connectivity index is 1.64. The Bertz CT molecular complexity index is 511. The number of morpholine rings is 1. The molecule has 1 saturated carbocycles. The third-order valence-corrected chi connectivity index (χ3v) is 5.20. The SMILES string of the molecule is C[C@H](NC(=O)Nc1ccncc1)C1(N2CCOCC2)CCCC1. The first-order valence-electron chi connectivity index (χ1n) is 8.51. The van der Waals surface area contributed by atoms with Crippen LogP contribution in [0.1, 0.15) is 32.6 Å². The molecule has 3 rings (SSSR count). The van der Waals surface area contributed by atoms with Crippen LogP contribution in [-0.4, -0.2) is 53.8 Å². The van der Waals surface area contributed by atoms with Gasteiger partial charge in [0.1, 0.15) is 0 Å². The smallest absolute Gasteiger partial charge is 0.319 e. The number of ether oxygens (including phenoxy) is 1. The molecule has 0 unspecified atom stereocenters. The number of urea groups is 1. The van der Waals surface area contributed by atoms with E-state index in [1.165, 1.54) is 12.8 Å². The van der Waals surface area contributed by atoms with E-state index in [1.54, 1.807) is 24.5 Å². The molecule has 126 valence electrons. The largest absolute Gasteiger partial charge is 0.379 e. The fourth-order valence-electron chi connectivity index (χ4n) is 3.95. The van der Waals surface area contributed by atoms with Gasteiger partial charge in [0.05, 0.1) is 13.2 Å². The van der Waals surface area contributed by atoms with Gasteiger partial charge in [-0.25, -0.2) is 4.79 Å². The normalized spacial score (nSPS) is 22.5. The quantitative estimate of drug-likeness (QED) is 0.893. The van der Waals surface area contributed by atoms with Crippen molar-refractivity contribution in [3.05, 3.63) is 24.5 Å². The molecule has 1 saturated heterocycles. The molecule has 0 spiro atoms. The lowest BCUT2D eigenvalue weighted by molar-refractivity contribution is -0.0315. The molecule has 1 aromatic rings. The van der Waals surface area contributed by atoms with Crippen molar-refractivity contribution in [2.45, 2.75) is 44.2 Å². The zero-order valence-corrected chi connectivity index (χ0v) is 13.8. The van der Waals surface area contributed by atoms with E-state index in [0.717, 1.165) is 44.8 Å². The lowest BCUT2D eigenvalue weighted by Crippen LogP contribution is -2.62. The summed E-state index contributed by atoms with van der Waals surface area (Å²) in [6, 6.07) is 3.53. The molecule has 0 radical (unpaired) electrons. The minimum atomic E-state index is -0.150. The zero-order valence-electron chi connectivity index (χ0n) is 13.8. The highest BCUT2D eigenvalue weighted by Gasteiger charge is 2.44. The minimum absolute atomic E-state index is 0.0688. The third-order valence-electron chi connectivity index (χ3n) is 5.20. The highest BCUT2D eigenvalue weighted by Crippen LogP contribution is 2.38. The summed E-state index contributed by atoms with van der Waals surface area (Å²) >= 11 is 0. The first kappa shape index (κ1) is 16.2. The second kappa shape index (κ2) is 7.27. The minimum Gasteiger partial charge on any atom is -0.379 e. The maximum Gasteiger partial charge on any atom is 0.319 e. The van der Waals surface area contributed by atoms with Crippen molar-refractivity contribution in [2.75, 3.05) is 31.6 Å². The average Bonchev–Trinajstić information content (AvgIpc) is 3.07. The number of pyridine rings is 1. The maximum absolute atomic E-state index is 12.3. The van der Waals surface area contributed by atoms with Crippen LogP contribution in [0.5, 0.6) is 0 Å². The van der Waals surface area contributed by atoms with Gasteiger partial charge in [-0.15, -0.1) is 0 Å². The monoisotopic (exact) mass is 318 g/mol. The number of aromatic nitrogens is 1. The second-order valence-corrected chi connectivity index (χ2v) is 6.47. The van der Waals surface area contributed by atoms with Crippen molar-refractivity contribution >= 4 is 11.7 Å². The van der Waals surface area contributed by atoms with E-state index in [4.69, 9.17) is 4.74 Å². The predicted molar refractivity (Wildman–Crippen MR) is 89.4 cm³/mol. The van der Waals surface area contributed by atoms with E-state index in [2.05, 4.69) is 27.4 Å². The Kier molecular flexibility index (Phi) is 5.13. The summed E-state index contributed by atoms with van der Waals surface area (Å²) in [6.45, 7) is 5.62. The molecule has 1 atom stereocenters. The summed E-state index contributed by atoms with van der Waals surface area (Å²) < 4.78 is 5.50. The summed E-state index contributed by atoms with van der Waals surface area (Å²) in [6.07, 6.45) is 8.09. The van der Waals surface area contributed by atoms with E-state index < -0.39 is 0 Å². The van der Waals surface area contributed by atoms with Crippen LogP contribution in [0.4, 0.5) is 10.5 Å². The average molecular weight is 318 g/mol. The lowest BCUT2D eigenvalue weighted by atomic mass is 9.86. The van der Waals surface area contributed by atoms with Gasteiger partial charge in [0, 0.05) is 42.8 Å². The number of hydrogen-bond acceptors (Lipinski definition) is 4. The standard InChI is InChI=1S/C17H26N4O2/c1-14(19-16(22)20-15-4-8-18-9-5-15)17(6-2-3-7-17)21-10-12-23-13-11-21/h4-5,8-9,14H,2-3,6-7,10-13H2,1H3,(H2,18,19,20,22)/t14-/m0/s1. The molecule has 6 nitrogen and oxygen atoms in total. The van der Waals surface area contributed by atoms with Gasteiger partial charge in [-0.3, -0.25) is 9.88 Å². The van der Waals surface area contributed by atoms with Crippen molar-refractivity contribution in [3.8, 4) is 0 Å². The Morgan fingerprint density at radius 2 is 1.91 bits per heavy atom. The highest BCUT2D eigenvalue weighted by molar-refractivity contribution is 5.89. The summed E-state index contributed by atoms with van der Waals surface area (Å²) in [5.41, 5.74) is 0.830. The molecule has 1 aromatic heterocycles. The molecule has 2 heterocycles. The van der Waals surface area contributed by atoms with Crippen LogP contribution in [0.3, 0.4) is 0 Å². The molecule has 23 heavy (non-hydrogen) atoms. The van der Waals surface area contributed by atoms with Crippen LogP contribution in [0, 0.1) is 0 Å². The van der Waals surface area contributed by atoms with Crippen LogP contribution in [0.15, 0.2) is 24.5 Å². The lowest BCUT2D eigenvalue weighted by Gasteiger charge is -2.47. The van der Waals surface area contributed by atoms with Gasteiger partial charge in [0.2, 0.25) is 0 Å². The number of nitrogens with one attached hydrogen (secondary N) is 2.